The van der Waals surface area contributed by atoms with E-state index in [1.54, 1.807) is 0 Å². The van der Waals surface area contributed by atoms with Crippen LogP contribution in [0.15, 0.2) is 24.5 Å². The molecule has 9 heavy (non-hydrogen) atoms. The van der Waals surface area contributed by atoms with Gasteiger partial charge in [-0.2, -0.15) is 0 Å². The molecule has 0 radical (unpaired) electrons. The zero-order chi connectivity index (χ0) is 7.28. The first-order valence-corrected chi connectivity index (χ1v) is 3.11. The Kier molecular flexibility index (Phi) is 3.85. The van der Waals surface area contributed by atoms with E-state index in [1.165, 1.54) is 0 Å². The summed E-state index contributed by atoms with van der Waals surface area (Å²) < 4.78 is 5.10. The van der Waals surface area contributed by atoms with E-state index < -0.39 is 0 Å². The summed E-state index contributed by atoms with van der Waals surface area (Å²) in [4.78, 5) is 0. The second-order valence-electron chi connectivity index (χ2n) is 2.11. The zero-order valence-electron chi connectivity index (χ0n) is 6.24. The van der Waals surface area contributed by atoms with Crippen molar-refractivity contribution in [3.8, 4) is 0 Å². The number of allylic oxidation sites excluding steroid dienone is 1. The molecule has 0 aliphatic rings. The number of hydrogen-bond donors (Lipinski definition) is 0. The summed E-state index contributed by atoms with van der Waals surface area (Å²) in [6.07, 6.45) is 0.786. The molecule has 0 atom stereocenters. The second-order valence-corrected chi connectivity index (χ2v) is 2.11. The lowest BCUT2D eigenvalue weighted by molar-refractivity contribution is 0.225. The van der Waals surface area contributed by atoms with Gasteiger partial charge in [-0.25, -0.2) is 0 Å². The number of rotatable bonds is 4. The first kappa shape index (κ1) is 8.28. The quantitative estimate of drug-likeness (QED) is 0.415. The van der Waals surface area contributed by atoms with Crippen molar-refractivity contribution >= 4 is 0 Å². The van der Waals surface area contributed by atoms with Crippen molar-refractivity contribution in [3.63, 3.8) is 0 Å². The van der Waals surface area contributed by atoms with Crippen molar-refractivity contribution < 1.29 is 4.74 Å². The van der Waals surface area contributed by atoms with Crippen LogP contribution in [0.2, 0.25) is 0 Å². The van der Waals surface area contributed by atoms with E-state index in [1.807, 2.05) is 13.8 Å². The fraction of sp³-hybridized carbons (Fsp3) is 0.500. The van der Waals surface area contributed by atoms with Crippen LogP contribution in [-0.2, 0) is 4.74 Å². The van der Waals surface area contributed by atoms with Gasteiger partial charge in [0.05, 0.1) is 12.4 Å². The lowest BCUT2D eigenvalue weighted by atomic mass is 10.2. The van der Waals surface area contributed by atoms with Gasteiger partial charge in [-0.15, -0.1) is 0 Å². The van der Waals surface area contributed by atoms with Crippen LogP contribution in [0.25, 0.3) is 0 Å². The normalized spacial score (nSPS) is 8.67. The van der Waals surface area contributed by atoms with Crippen molar-refractivity contribution in [1.29, 1.82) is 0 Å². The fourth-order valence-corrected chi connectivity index (χ4v) is 0.592. The molecular weight excluding hydrogens is 112 g/mol. The van der Waals surface area contributed by atoms with Gasteiger partial charge in [0.25, 0.3) is 0 Å². The Morgan fingerprint density at radius 3 is 2.33 bits per heavy atom. The average Bonchev–Trinajstić information content (AvgIpc) is 1.63. The summed E-state index contributed by atoms with van der Waals surface area (Å²) in [5, 5.41) is 0. The third-order valence-electron chi connectivity index (χ3n) is 0.847. The molecule has 0 saturated heterocycles. The fourth-order valence-electron chi connectivity index (χ4n) is 0.592. The molecule has 0 spiro atoms. The van der Waals surface area contributed by atoms with Gasteiger partial charge < -0.3 is 4.74 Å². The van der Waals surface area contributed by atoms with Crippen LogP contribution in [-0.4, -0.2) is 6.61 Å². The molecule has 0 aliphatic heterocycles. The van der Waals surface area contributed by atoms with Crippen molar-refractivity contribution in [2.75, 3.05) is 6.61 Å². The summed E-state index contributed by atoms with van der Waals surface area (Å²) in [7, 11) is 0. The summed E-state index contributed by atoms with van der Waals surface area (Å²) >= 11 is 0. The predicted molar refractivity (Wildman–Crippen MR) is 40.2 cm³/mol. The molecule has 52 valence electrons. The monoisotopic (exact) mass is 126 g/mol. The largest absolute Gasteiger partial charge is 0.499 e. The smallest absolute Gasteiger partial charge is 0.0928 e. The highest BCUT2D eigenvalue weighted by atomic mass is 16.5. The average molecular weight is 126 g/mol. The summed E-state index contributed by atoms with van der Waals surface area (Å²) in [5.41, 5.74) is 1.09. The van der Waals surface area contributed by atoms with E-state index in [9.17, 15) is 0 Å². The van der Waals surface area contributed by atoms with Crippen LogP contribution in [0.5, 0.6) is 0 Å². The third kappa shape index (κ3) is 5.15. The Morgan fingerprint density at radius 1 is 1.44 bits per heavy atom. The summed E-state index contributed by atoms with van der Waals surface area (Å²) in [6.45, 7) is 12.0. The molecule has 0 fully saturated rings. The van der Waals surface area contributed by atoms with Gasteiger partial charge in [-0.1, -0.05) is 18.7 Å². The summed E-state index contributed by atoms with van der Waals surface area (Å²) in [5.74, 6) is 0.810. The highest BCUT2D eigenvalue weighted by Gasteiger charge is 1.91. The highest BCUT2D eigenvalue weighted by molar-refractivity contribution is 5.00. The van der Waals surface area contributed by atoms with Gasteiger partial charge in [0, 0.05) is 6.42 Å². The van der Waals surface area contributed by atoms with E-state index in [0.717, 1.165) is 17.8 Å². The maximum Gasteiger partial charge on any atom is 0.0928 e. The van der Waals surface area contributed by atoms with Gasteiger partial charge in [0.1, 0.15) is 0 Å². The Balaban J connectivity index is 3.39. The summed E-state index contributed by atoms with van der Waals surface area (Å²) in [6, 6.07) is 0. The second kappa shape index (κ2) is 4.19. The molecule has 0 aromatic heterocycles. The molecule has 0 heterocycles. The predicted octanol–water partition coefficient (Wildman–Crippen LogP) is 2.50. The van der Waals surface area contributed by atoms with Crippen molar-refractivity contribution in [2.24, 2.45) is 0 Å². The highest BCUT2D eigenvalue weighted by Crippen LogP contribution is 2.06. The van der Waals surface area contributed by atoms with Crippen LogP contribution in [0.3, 0.4) is 0 Å². The lowest BCUT2D eigenvalue weighted by Gasteiger charge is -2.04. The molecule has 0 rings (SSSR count). The lowest BCUT2D eigenvalue weighted by Crippen LogP contribution is -1.89. The van der Waals surface area contributed by atoms with Gasteiger partial charge in [-0.3, -0.25) is 0 Å². The molecule has 1 nitrogen and oxygen atoms in total. The SMILES string of the molecule is C=C(C)CC(=C)OCC. The molecule has 0 bridgehead atoms. The van der Waals surface area contributed by atoms with Crippen molar-refractivity contribution in [1.82, 2.24) is 0 Å². The van der Waals surface area contributed by atoms with Crippen molar-refractivity contribution in [3.05, 3.63) is 24.5 Å². The Bertz CT molecular complexity index is 114. The number of ether oxygens (including phenoxy) is 1. The molecule has 0 N–H and O–H groups in total. The Morgan fingerprint density at radius 2 is 2.00 bits per heavy atom. The molecule has 0 aliphatic carbocycles. The van der Waals surface area contributed by atoms with Crippen LogP contribution < -0.4 is 0 Å². The standard InChI is InChI=1S/C8H14O/c1-5-9-8(4)6-7(2)3/h2,4-6H2,1,3H3. The van der Waals surface area contributed by atoms with Crippen LogP contribution >= 0.6 is 0 Å². The van der Waals surface area contributed by atoms with Crippen molar-refractivity contribution in [2.45, 2.75) is 20.3 Å². The Hall–Kier alpha value is -0.720. The van der Waals surface area contributed by atoms with Gasteiger partial charge >= 0.3 is 0 Å². The first-order chi connectivity index (χ1) is 4.16. The van der Waals surface area contributed by atoms with Gasteiger partial charge in [0.2, 0.25) is 0 Å². The third-order valence-corrected chi connectivity index (χ3v) is 0.847. The molecule has 0 aromatic rings. The minimum absolute atomic E-state index is 0.701. The van der Waals surface area contributed by atoms with Crippen LogP contribution in [0.1, 0.15) is 20.3 Å². The van der Waals surface area contributed by atoms with Gasteiger partial charge in [-0.05, 0) is 13.8 Å². The van der Waals surface area contributed by atoms with E-state index in [2.05, 4.69) is 13.2 Å². The van der Waals surface area contributed by atoms with E-state index in [4.69, 9.17) is 4.74 Å². The number of hydrogen-bond acceptors (Lipinski definition) is 1. The maximum atomic E-state index is 5.10. The molecule has 0 amide bonds. The zero-order valence-corrected chi connectivity index (χ0v) is 6.24. The topological polar surface area (TPSA) is 9.23 Å². The first-order valence-electron chi connectivity index (χ1n) is 3.11. The Labute approximate surface area is 57.0 Å². The maximum absolute atomic E-state index is 5.10. The van der Waals surface area contributed by atoms with Crippen LogP contribution in [0.4, 0.5) is 0 Å². The van der Waals surface area contributed by atoms with Gasteiger partial charge in [0.15, 0.2) is 0 Å². The molecule has 1 heteroatoms. The van der Waals surface area contributed by atoms with Crippen LogP contribution in [0, 0.1) is 0 Å². The van der Waals surface area contributed by atoms with E-state index in [0.29, 0.717) is 6.61 Å². The van der Waals surface area contributed by atoms with E-state index >= 15 is 0 Å². The molecule has 0 aromatic carbocycles. The molecule has 0 saturated carbocycles. The molecular formula is C8H14O. The minimum atomic E-state index is 0.701. The minimum Gasteiger partial charge on any atom is -0.499 e. The molecule has 0 unspecified atom stereocenters. The van der Waals surface area contributed by atoms with E-state index in [-0.39, 0.29) is 0 Å².